The molecular weight excluding hydrogens is 197 g/mol. The number of halogens is 1. The van der Waals surface area contributed by atoms with Crippen LogP contribution in [0.4, 0.5) is 4.39 Å². The smallest absolute Gasteiger partial charge is 0.126 e. The van der Waals surface area contributed by atoms with Gasteiger partial charge in [-0.25, -0.2) is 9.37 Å². The Balaban J connectivity index is 2.23. The summed E-state index contributed by atoms with van der Waals surface area (Å²) in [7, 11) is 0. The maximum Gasteiger partial charge on any atom is 0.126 e. The van der Waals surface area contributed by atoms with Crippen molar-refractivity contribution in [3.8, 4) is 0 Å². The predicted octanol–water partition coefficient (Wildman–Crippen LogP) is 3.18. The quantitative estimate of drug-likeness (QED) is 0.737. The lowest BCUT2D eigenvalue weighted by atomic mass is 10.1. The van der Waals surface area contributed by atoms with Crippen molar-refractivity contribution in [2.24, 2.45) is 0 Å². The van der Waals surface area contributed by atoms with Crippen LogP contribution in [0.25, 0.3) is 0 Å². The summed E-state index contributed by atoms with van der Waals surface area (Å²) in [5, 5.41) is 2.95. The standard InChI is InChI=1S/C11H10FNS/c1-8-7-14-11(13-8)6-9-4-2-3-5-10(9)12/h2-5,7H,6H2,1H3. The van der Waals surface area contributed by atoms with Gasteiger partial charge in [0.05, 0.1) is 5.01 Å². The van der Waals surface area contributed by atoms with Crippen LogP contribution < -0.4 is 0 Å². The first-order valence-electron chi connectivity index (χ1n) is 4.40. The van der Waals surface area contributed by atoms with Crippen molar-refractivity contribution in [2.75, 3.05) is 0 Å². The van der Waals surface area contributed by atoms with E-state index in [0.717, 1.165) is 10.7 Å². The Morgan fingerprint density at radius 3 is 2.79 bits per heavy atom. The van der Waals surface area contributed by atoms with E-state index >= 15 is 0 Å². The number of rotatable bonds is 2. The van der Waals surface area contributed by atoms with Gasteiger partial charge in [0, 0.05) is 17.5 Å². The minimum absolute atomic E-state index is 0.152. The Bertz CT molecular complexity index is 436. The van der Waals surface area contributed by atoms with E-state index in [1.54, 1.807) is 23.5 Å². The number of hydrogen-bond donors (Lipinski definition) is 0. The summed E-state index contributed by atoms with van der Waals surface area (Å²) >= 11 is 1.58. The first-order valence-corrected chi connectivity index (χ1v) is 5.28. The summed E-state index contributed by atoms with van der Waals surface area (Å²) in [5.41, 5.74) is 1.71. The van der Waals surface area contributed by atoms with E-state index in [-0.39, 0.29) is 5.82 Å². The van der Waals surface area contributed by atoms with Gasteiger partial charge in [-0.05, 0) is 18.6 Å². The van der Waals surface area contributed by atoms with Crippen molar-refractivity contribution in [3.05, 3.63) is 51.7 Å². The van der Waals surface area contributed by atoms with E-state index in [4.69, 9.17) is 0 Å². The van der Waals surface area contributed by atoms with Crippen LogP contribution in [0.2, 0.25) is 0 Å². The third-order valence-electron chi connectivity index (χ3n) is 1.97. The molecule has 14 heavy (non-hydrogen) atoms. The molecule has 72 valence electrons. The Morgan fingerprint density at radius 1 is 1.36 bits per heavy atom. The molecule has 0 aliphatic rings. The van der Waals surface area contributed by atoms with Crippen LogP contribution in [0, 0.1) is 12.7 Å². The van der Waals surface area contributed by atoms with Crippen LogP contribution in [0.5, 0.6) is 0 Å². The van der Waals surface area contributed by atoms with Gasteiger partial charge >= 0.3 is 0 Å². The second-order valence-corrected chi connectivity index (χ2v) is 4.09. The number of benzene rings is 1. The Morgan fingerprint density at radius 2 is 2.14 bits per heavy atom. The molecule has 0 bridgehead atoms. The third-order valence-corrected chi connectivity index (χ3v) is 2.93. The van der Waals surface area contributed by atoms with Crippen molar-refractivity contribution in [1.29, 1.82) is 0 Å². The van der Waals surface area contributed by atoms with Gasteiger partial charge < -0.3 is 0 Å². The molecule has 0 saturated carbocycles. The SMILES string of the molecule is Cc1csc(Cc2ccccc2F)n1. The molecule has 1 aromatic carbocycles. The highest BCUT2D eigenvalue weighted by Gasteiger charge is 2.04. The van der Waals surface area contributed by atoms with Crippen molar-refractivity contribution in [3.63, 3.8) is 0 Å². The summed E-state index contributed by atoms with van der Waals surface area (Å²) in [6, 6.07) is 6.83. The molecule has 0 aliphatic carbocycles. The molecule has 0 aliphatic heterocycles. The van der Waals surface area contributed by atoms with Crippen LogP contribution in [-0.2, 0) is 6.42 Å². The van der Waals surface area contributed by atoms with Crippen molar-refractivity contribution >= 4 is 11.3 Å². The van der Waals surface area contributed by atoms with Gasteiger partial charge in [-0.2, -0.15) is 0 Å². The predicted molar refractivity (Wildman–Crippen MR) is 56.1 cm³/mol. The molecule has 0 amide bonds. The van der Waals surface area contributed by atoms with Crippen molar-refractivity contribution in [1.82, 2.24) is 4.98 Å². The molecule has 0 fully saturated rings. The first kappa shape index (κ1) is 9.34. The zero-order chi connectivity index (χ0) is 9.97. The number of nitrogens with zero attached hydrogens (tertiary/aromatic N) is 1. The summed E-state index contributed by atoms with van der Waals surface area (Å²) in [5.74, 6) is -0.152. The fourth-order valence-electron chi connectivity index (χ4n) is 1.29. The van der Waals surface area contributed by atoms with Gasteiger partial charge in [0.1, 0.15) is 5.82 Å². The van der Waals surface area contributed by atoms with Crippen LogP contribution in [0.15, 0.2) is 29.6 Å². The Kier molecular flexibility index (Phi) is 2.59. The highest BCUT2D eigenvalue weighted by molar-refractivity contribution is 7.09. The van der Waals surface area contributed by atoms with Crippen LogP contribution in [0.3, 0.4) is 0 Å². The Hall–Kier alpha value is -1.22. The van der Waals surface area contributed by atoms with Gasteiger partial charge in [-0.1, -0.05) is 18.2 Å². The topological polar surface area (TPSA) is 12.9 Å². The molecule has 0 atom stereocenters. The zero-order valence-electron chi connectivity index (χ0n) is 7.83. The second-order valence-electron chi connectivity index (χ2n) is 3.15. The minimum Gasteiger partial charge on any atom is -0.246 e. The first-order chi connectivity index (χ1) is 6.75. The average Bonchev–Trinajstić information content (AvgIpc) is 2.56. The van der Waals surface area contributed by atoms with Gasteiger partial charge in [-0.3, -0.25) is 0 Å². The van der Waals surface area contributed by atoms with Gasteiger partial charge in [-0.15, -0.1) is 11.3 Å². The summed E-state index contributed by atoms with van der Waals surface area (Å²) in [4.78, 5) is 4.30. The maximum absolute atomic E-state index is 13.3. The molecule has 2 aromatic rings. The maximum atomic E-state index is 13.3. The Labute approximate surface area is 86.2 Å². The molecule has 0 N–H and O–H groups in total. The molecule has 0 radical (unpaired) electrons. The van der Waals surface area contributed by atoms with Crippen LogP contribution in [-0.4, -0.2) is 4.98 Å². The zero-order valence-corrected chi connectivity index (χ0v) is 8.64. The summed E-state index contributed by atoms with van der Waals surface area (Å²) in [6.45, 7) is 1.95. The van der Waals surface area contributed by atoms with Crippen molar-refractivity contribution in [2.45, 2.75) is 13.3 Å². The molecule has 1 heterocycles. The van der Waals surface area contributed by atoms with Crippen LogP contribution >= 0.6 is 11.3 Å². The highest BCUT2D eigenvalue weighted by Crippen LogP contribution is 2.16. The van der Waals surface area contributed by atoms with E-state index in [9.17, 15) is 4.39 Å². The summed E-state index contributed by atoms with van der Waals surface area (Å²) in [6.07, 6.45) is 0.588. The van der Waals surface area contributed by atoms with Crippen molar-refractivity contribution < 1.29 is 4.39 Å². The van der Waals surface area contributed by atoms with E-state index in [1.165, 1.54) is 6.07 Å². The molecule has 0 unspecified atom stereocenters. The molecular formula is C11H10FNS. The molecule has 3 heteroatoms. The molecule has 2 rings (SSSR count). The minimum atomic E-state index is -0.152. The van der Waals surface area contributed by atoms with E-state index in [1.807, 2.05) is 18.4 Å². The van der Waals surface area contributed by atoms with Gasteiger partial charge in [0.15, 0.2) is 0 Å². The monoisotopic (exact) mass is 207 g/mol. The second kappa shape index (κ2) is 3.88. The van der Waals surface area contributed by atoms with Gasteiger partial charge in [0.2, 0.25) is 0 Å². The number of thiazole rings is 1. The molecule has 0 saturated heterocycles. The average molecular weight is 207 g/mol. The molecule has 1 nitrogen and oxygen atoms in total. The third kappa shape index (κ3) is 1.99. The van der Waals surface area contributed by atoms with Crippen LogP contribution in [0.1, 0.15) is 16.3 Å². The largest absolute Gasteiger partial charge is 0.246 e. The summed E-state index contributed by atoms with van der Waals surface area (Å²) < 4.78 is 13.3. The molecule has 1 aromatic heterocycles. The van der Waals surface area contributed by atoms with E-state index in [0.29, 0.717) is 12.0 Å². The lowest BCUT2D eigenvalue weighted by molar-refractivity contribution is 0.614. The normalized spacial score (nSPS) is 10.4. The lowest BCUT2D eigenvalue weighted by Crippen LogP contribution is -1.91. The van der Waals surface area contributed by atoms with E-state index < -0.39 is 0 Å². The number of hydrogen-bond acceptors (Lipinski definition) is 2. The highest BCUT2D eigenvalue weighted by atomic mass is 32.1. The fourth-order valence-corrected chi connectivity index (χ4v) is 2.08. The lowest BCUT2D eigenvalue weighted by Gasteiger charge is -1.98. The fraction of sp³-hybridized carbons (Fsp3) is 0.182. The number of aryl methyl sites for hydroxylation is 1. The molecule has 0 spiro atoms. The van der Waals surface area contributed by atoms with E-state index in [2.05, 4.69) is 4.98 Å². The number of aromatic nitrogens is 1. The van der Waals surface area contributed by atoms with Gasteiger partial charge in [0.25, 0.3) is 0 Å².